The Morgan fingerprint density at radius 3 is 2.40 bits per heavy atom. The second-order valence-electron chi connectivity index (χ2n) is 6.56. The van der Waals surface area contributed by atoms with E-state index in [2.05, 4.69) is 5.32 Å². The Labute approximate surface area is 174 Å². The number of benzene rings is 2. The number of hydrogen-bond acceptors (Lipinski definition) is 5. The maximum Gasteiger partial charge on any atom is 0.262 e. The quantitative estimate of drug-likeness (QED) is 0.585. The molecule has 30 heavy (non-hydrogen) atoms. The fraction of sp³-hybridized carbons (Fsp3) is 0.217. The molecule has 0 aliphatic carbocycles. The summed E-state index contributed by atoms with van der Waals surface area (Å²) in [6, 6.07) is 17.8. The van der Waals surface area contributed by atoms with Crippen molar-refractivity contribution in [2.24, 2.45) is 0 Å². The van der Waals surface area contributed by atoms with E-state index < -0.39 is 0 Å². The van der Waals surface area contributed by atoms with E-state index in [0.29, 0.717) is 30.3 Å². The van der Waals surface area contributed by atoms with Crippen LogP contribution in [0.15, 0.2) is 71.7 Å². The molecule has 0 unspecified atom stereocenters. The van der Waals surface area contributed by atoms with Crippen LogP contribution in [0.4, 0.5) is 5.69 Å². The summed E-state index contributed by atoms with van der Waals surface area (Å²) in [5, 5.41) is 2.74. The molecule has 1 N–H and O–H groups in total. The van der Waals surface area contributed by atoms with Gasteiger partial charge in [0.05, 0.1) is 12.3 Å². The highest BCUT2D eigenvalue weighted by molar-refractivity contribution is 5.91. The van der Waals surface area contributed by atoms with Crippen LogP contribution < -0.4 is 20.2 Å². The van der Waals surface area contributed by atoms with Gasteiger partial charge in [-0.15, -0.1) is 0 Å². The van der Waals surface area contributed by atoms with Gasteiger partial charge in [-0.3, -0.25) is 9.59 Å². The van der Waals surface area contributed by atoms with Crippen molar-refractivity contribution in [3.63, 3.8) is 0 Å². The number of amides is 1. The highest BCUT2D eigenvalue weighted by Gasteiger charge is 2.11. The van der Waals surface area contributed by atoms with Crippen LogP contribution in [-0.4, -0.2) is 30.8 Å². The van der Waals surface area contributed by atoms with Crippen LogP contribution in [-0.2, 0) is 16.1 Å². The van der Waals surface area contributed by atoms with Gasteiger partial charge in [-0.05, 0) is 43.3 Å². The number of aromatic nitrogens is 1. The Bertz CT molecular complexity index is 1030. The number of nitrogens with one attached hydrogen (secondary N) is 1. The summed E-state index contributed by atoms with van der Waals surface area (Å²) in [6.45, 7) is 2.60. The zero-order valence-corrected chi connectivity index (χ0v) is 17.0. The minimum absolute atomic E-state index is 0.162. The van der Waals surface area contributed by atoms with Gasteiger partial charge in [0, 0.05) is 31.6 Å². The van der Waals surface area contributed by atoms with Gasteiger partial charge in [-0.2, -0.15) is 0 Å². The van der Waals surface area contributed by atoms with Crippen molar-refractivity contribution in [1.82, 2.24) is 4.57 Å². The molecule has 1 amide bonds. The molecule has 0 bridgehead atoms. The van der Waals surface area contributed by atoms with Crippen LogP contribution in [0.5, 0.6) is 17.2 Å². The Morgan fingerprint density at radius 2 is 1.70 bits per heavy atom. The van der Waals surface area contributed by atoms with Crippen molar-refractivity contribution in [1.29, 1.82) is 0 Å². The van der Waals surface area contributed by atoms with Crippen molar-refractivity contribution in [3.05, 3.63) is 82.8 Å². The summed E-state index contributed by atoms with van der Waals surface area (Å²) < 4.78 is 18.2. The summed E-state index contributed by atoms with van der Waals surface area (Å²) >= 11 is 0. The third kappa shape index (κ3) is 5.71. The van der Waals surface area contributed by atoms with Gasteiger partial charge in [-0.1, -0.05) is 18.2 Å². The molecule has 7 nitrogen and oxygen atoms in total. The Hall–Kier alpha value is -3.58. The topological polar surface area (TPSA) is 78.8 Å². The van der Waals surface area contributed by atoms with Crippen LogP contribution in [0.2, 0.25) is 0 Å². The minimum Gasteiger partial charge on any atom is -0.478 e. The second kappa shape index (κ2) is 10.3. The van der Waals surface area contributed by atoms with E-state index in [-0.39, 0.29) is 23.7 Å². The van der Waals surface area contributed by atoms with Crippen LogP contribution in [0.25, 0.3) is 0 Å². The predicted molar refractivity (Wildman–Crippen MR) is 114 cm³/mol. The van der Waals surface area contributed by atoms with E-state index in [1.165, 1.54) is 6.07 Å². The molecule has 3 rings (SSSR count). The molecular weight excluding hydrogens is 384 g/mol. The standard InChI is InChI=1S/C23H24N2O5/c1-17-23(21(26)12-13-25(17)14-15-28-2)29-16-22(27)24-18-8-10-20(11-9-18)30-19-6-4-3-5-7-19/h3-13H,14-16H2,1-2H3,(H,24,27). The smallest absolute Gasteiger partial charge is 0.262 e. The molecule has 0 radical (unpaired) electrons. The fourth-order valence-corrected chi connectivity index (χ4v) is 2.83. The number of methoxy groups -OCH3 is 1. The van der Waals surface area contributed by atoms with Crippen molar-refractivity contribution in [2.75, 3.05) is 25.6 Å². The van der Waals surface area contributed by atoms with E-state index in [0.717, 1.165) is 5.75 Å². The average molecular weight is 408 g/mol. The van der Waals surface area contributed by atoms with Crippen LogP contribution >= 0.6 is 0 Å². The molecule has 156 valence electrons. The summed E-state index contributed by atoms with van der Waals surface area (Å²) in [6.07, 6.45) is 1.68. The first kappa shape index (κ1) is 21.1. The highest BCUT2D eigenvalue weighted by atomic mass is 16.5. The van der Waals surface area contributed by atoms with Gasteiger partial charge in [0.15, 0.2) is 12.4 Å². The molecule has 3 aromatic rings. The van der Waals surface area contributed by atoms with E-state index in [1.54, 1.807) is 44.5 Å². The van der Waals surface area contributed by atoms with Gasteiger partial charge >= 0.3 is 0 Å². The molecule has 0 aliphatic rings. The van der Waals surface area contributed by atoms with E-state index in [4.69, 9.17) is 14.2 Å². The van der Waals surface area contributed by atoms with Gasteiger partial charge in [0.2, 0.25) is 5.43 Å². The summed E-state index contributed by atoms with van der Waals surface area (Å²) in [5.41, 5.74) is 0.984. The van der Waals surface area contributed by atoms with Crippen molar-refractivity contribution in [3.8, 4) is 17.2 Å². The number of rotatable bonds is 9. The lowest BCUT2D eigenvalue weighted by Crippen LogP contribution is -2.24. The highest BCUT2D eigenvalue weighted by Crippen LogP contribution is 2.22. The molecule has 1 aromatic heterocycles. The average Bonchev–Trinajstić information content (AvgIpc) is 2.75. The number of nitrogens with zero attached hydrogens (tertiary/aromatic N) is 1. The Kier molecular flexibility index (Phi) is 7.24. The zero-order valence-electron chi connectivity index (χ0n) is 17.0. The summed E-state index contributed by atoms with van der Waals surface area (Å²) in [5.74, 6) is 1.19. The first-order valence-corrected chi connectivity index (χ1v) is 9.51. The predicted octanol–water partition coefficient (Wildman–Crippen LogP) is 3.61. The Balaban J connectivity index is 1.56. The summed E-state index contributed by atoms with van der Waals surface area (Å²) in [7, 11) is 1.61. The normalized spacial score (nSPS) is 10.5. The van der Waals surface area contributed by atoms with Crippen LogP contribution in [0.1, 0.15) is 5.69 Å². The van der Waals surface area contributed by atoms with Crippen LogP contribution in [0, 0.1) is 6.92 Å². The molecule has 0 fully saturated rings. The number of carbonyl (C=O) groups excluding carboxylic acids is 1. The SMILES string of the molecule is COCCn1ccc(=O)c(OCC(=O)Nc2ccc(Oc3ccccc3)cc2)c1C. The number of hydrogen-bond donors (Lipinski definition) is 1. The monoisotopic (exact) mass is 408 g/mol. The van der Waals surface area contributed by atoms with Gasteiger partial charge < -0.3 is 24.1 Å². The minimum atomic E-state index is -0.363. The molecule has 0 saturated carbocycles. The zero-order chi connectivity index (χ0) is 21.3. The molecule has 0 atom stereocenters. The first-order valence-electron chi connectivity index (χ1n) is 9.51. The van der Waals surface area contributed by atoms with E-state index in [1.807, 2.05) is 34.9 Å². The van der Waals surface area contributed by atoms with Gasteiger partial charge in [-0.25, -0.2) is 0 Å². The first-order chi connectivity index (χ1) is 14.6. The Morgan fingerprint density at radius 1 is 1.00 bits per heavy atom. The molecule has 0 spiro atoms. The van der Waals surface area contributed by atoms with Gasteiger partial charge in [0.25, 0.3) is 5.91 Å². The molecular formula is C23H24N2O5. The third-order valence-electron chi connectivity index (χ3n) is 4.39. The number of anilines is 1. The van der Waals surface area contributed by atoms with Crippen molar-refractivity contribution in [2.45, 2.75) is 13.5 Å². The van der Waals surface area contributed by atoms with Crippen LogP contribution in [0.3, 0.4) is 0 Å². The number of ether oxygens (including phenoxy) is 3. The van der Waals surface area contributed by atoms with Crippen molar-refractivity contribution < 1.29 is 19.0 Å². The van der Waals surface area contributed by atoms with E-state index in [9.17, 15) is 9.59 Å². The largest absolute Gasteiger partial charge is 0.478 e. The molecule has 0 aliphatic heterocycles. The fourth-order valence-electron chi connectivity index (χ4n) is 2.83. The lowest BCUT2D eigenvalue weighted by atomic mass is 10.3. The molecule has 0 saturated heterocycles. The second-order valence-corrected chi connectivity index (χ2v) is 6.56. The number of para-hydroxylation sites is 1. The van der Waals surface area contributed by atoms with Crippen molar-refractivity contribution >= 4 is 11.6 Å². The third-order valence-corrected chi connectivity index (χ3v) is 4.39. The maximum absolute atomic E-state index is 12.2. The lowest BCUT2D eigenvalue weighted by molar-refractivity contribution is -0.118. The molecule has 1 heterocycles. The lowest BCUT2D eigenvalue weighted by Gasteiger charge is -2.14. The number of carbonyl (C=O) groups is 1. The summed E-state index contributed by atoms with van der Waals surface area (Å²) in [4.78, 5) is 24.4. The van der Waals surface area contributed by atoms with E-state index >= 15 is 0 Å². The number of pyridine rings is 1. The van der Waals surface area contributed by atoms with Gasteiger partial charge in [0.1, 0.15) is 11.5 Å². The molecule has 2 aromatic carbocycles. The molecule has 7 heteroatoms. The maximum atomic E-state index is 12.2.